The van der Waals surface area contributed by atoms with Crippen molar-refractivity contribution < 1.29 is 13.2 Å². The molecule has 0 aromatic heterocycles. The molecule has 5 nitrogen and oxygen atoms in total. The number of amides is 1. The van der Waals surface area contributed by atoms with Crippen molar-refractivity contribution >= 4 is 27.5 Å². The fourth-order valence-electron chi connectivity index (χ4n) is 2.19. The zero-order chi connectivity index (χ0) is 16.4. The molecular formula is C15H21ClN2O3S. The minimum absolute atomic E-state index is 0.349. The van der Waals surface area contributed by atoms with Crippen LogP contribution in [0.3, 0.4) is 0 Å². The zero-order valence-corrected chi connectivity index (χ0v) is 14.4. The highest BCUT2D eigenvalue weighted by Crippen LogP contribution is 2.25. The van der Waals surface area contributed by atoms with E-state index in [2.05, 4.69) is 5.32 Å². The summed E-state index contributed by atoms with van der Waals surface area (Å²) in [5.41, 5.74) is 0.924. The van der Waals surface area contributed by atoms with Gasteiger partial charge in [0.1, 0.15) is 0 Å². The Hall–Kier alpha value is -1.11. The van der Waals surface area contributed by atoms with Gasteiger partial charge in [-0.15, -0.1) is 0 Å². The first-order valence-electron chi connectivity index (χ1n) is 7.28. The van der Waals surface area contributed by atoms with E-state index in [1.165, 1.54) is 18.2 Å². The van der Waals surface area contributed by atoms with Crippen LogP contribution < -0.4 is 5.32 Å². The van der Waals surface area contributed by atoms with Crippen molar-refractivity contribution in [2.45, 2.75) is 31.4 Å². The summed E-state index contributed by atoms with van der Waals surface area (Å²) in [7, 11) is -3.61. The molecule has 1 heterocycles. The summed E-state index contributed by atoms with van der Waals surface area (Å²) in [5.74, 6) is -0.480. The molecule has 1 amide bonds. The van der Waals surface area contributed by atoms with Crippen molar-refractivity contribution in [3.05, 3.63) is 34.9 Å². The van der Waals surface area contributed by atoms with E-state index in [0.29, 0.717) is 31.1 Å². The Morgan fingerprint density at radius 3 is 2.50 bits per heavy atom. The molecule has 1 saturated heterocycles. The van der Waals surface area contributed by atoms with Crippen molar-refractivity contribution in [2.75, 3.05) is 19.6 Å². The summed E-state index contributed by atoms with van der Waals surface area (Å²) in [5, 5.41) is 3.35. The normalized spacial score (nSPS) is 16.1. The quantitative estimate of drug-likeness (QED) is 0.856. The van der Waals surface area contributed by atoms with Crippen LogP contribution in [0.5, 0.6) is 0 Å². The molecule has 1 aliphatic heterocycles. The number of benzene rings is 1. The van der Waals surface area contributed by atoms with Crippen LogP contribution in [-0.2, 0) is 21.2 Å². The number of halogens is 1. The Labute approximate surface area is 136 Å². The Morgan fingerprint density at radius 2 is 1.95 bits per heavy atom. The van der Waals surface area contributed by atoms with E-state index in [0.717, 1.165) is 12.0 Å². The molecular weight excluding hydrogens is 324 g/mol. The molecule has 0 saturated carbocycles. The molecule has 1 fully saturated rings. The van der Waals surface area contributed by atoms with Crippen molar-refractivity contribution in [2.24, 2.45) is 0 Å². The average molecular weight is 345 g/mol. The van der Waals surface area contributed by atoms with Gasteiger partial charge < -0.3 is 5.32 Å². The van der Waals surface area contributed by atoms with E-state index in [-0.39, 0.29) is 0 Å². The summed E-state index contributed by atoms with van der Waals surface area (Å²) in [4.78, 5) is 12.3. The lowest BCUT2D eigenvalue weighted by molar-refractivity contribution is -0.122. The molecule has 1 aromatic carbocycles. The highest BCUT2D eigenvalue weighted by molar-refractivity contribution is 7.91. The van der Waals surface area contributed by atoms with Crippen LogP contribution in [-0.4, -0.2) is 43.0 Å². The second-order valence-electron chi connectivity index (χ2n) is 5.87. The summed E-state index contributed by atoms with van der Waals surface area (Å²) in [6, 6.07) is 7.39. The number of carbonyl (C=O) groups is 1. The molecule has 122 valence electrons. The Kier molecular flexibility index (Phi) is 5.14. The molecule has 0 atom stereocenters. The van der Waals surface area contributed by atoms with E-state index in [9.17, 15) is 13.2 Å². The van der Waals surface area contributed by atoms with Gasteiger partial charge >= 0.3 is 0 Å². The molecule has 1 aliphatic rings. The predicted molar refractivity (Wildman–Crippen MR) is 87.4 cm³/mol. The molecule has 0 bridgehead atoms. The maximum atomic E-state index is 12.4. The maximum absolute atomic E-state index is 12.4. The third kappa shape index (κ3) is 3.29. The average Bonchev–Trinajstić information content (AvgIpc) is 2.38. The number of rotatable bonds is 6. The smallest absolute Gasteiger partial charge is 0.242 e. The minimum Gasteiger partial charge on any atom is -0.354 e. The summed E-state index contributed by atoms with van der Waals surface area (Å²) in [6.07, 6.45) is 1.41. The lowest BCUT2D eigenvalue weighted by atomic mass is 10.1. The van der Waals surface area contributed by atoms with Crippen LogP contribution in [0.4, 0.5) is 0 Å². The number of sulfonamides is 1. The van der Waals surface area contributed by atoms with Crippen LogP contribution >= 0.6 is 11.6 Å². The molecule has 2 rings (SSSR count). The molecule has 1 aromatic rings. The van der Waals surface area contributed by atoms with E-state index >= 15 is 0 Å². The number of nitrogens with zero attached hydrogens (tertiary/aromatic N) is 1. The van der Waals surface area contributed by atoms with Gasteiger partial charge in [0.25, 0.3) is 0 Å². The van der Waals surface area contributed by atoms with Crippen LogP contribution in [0.1, 0.15) is 25.8 Å². The summed E-state index contributed by atoms with van der Waals surface area (Å²) in [6.45, 7) is 4.25. The fourth-order valence-corrected chi connectivity index (χ4v) is 4.11. The monoisotopic (exact) mass is 344 g/mol. The van der Waals surface area contributed by atoms with E-state index in [1.54, 1.807) is 6.07 Å². The third-order valence-electron chi connectivity index (χ3n) is 3.98. The van der Waals surface area contributed by atoms with Crippen LogP contribution in [0.25, 0.3) is 0 Å². The molecule has 0 radical (unpaired) electrons. The highest BCUT2D eigenvalue weighted by atomic mass is 35.5. The first kappa shape index (κ1) is 17.2. The van der Waals surface area contributed by atoms with Gasteiger partial charge in [0.2, 0.25) is 15.9 Å². The van der Waals surface area contributed by atoms with E-state index in [4.69, 9.17) is 11.6 Å². The van der Waals surface area contributed by atoms with E-state index in [1.807, 2.05) is 18.2 Å². The summed E-state index contributed by atoms with van der Waals surface area (Å²) < 4.78 is 24.7. The van der Waals surface area contributed by atoms with Gasteiger partial charge in [-0.25, -0.2) is 12.7 Å². The van der Waals surface area contributed by atoms with Crippen LogP contribution in [0, 0.1) is 0 Å². The Bertz CT molecular complexity index is 655. The van der Waals surface area contributed by atoms with Crippen molar-refractivity contribution in [1.29, 1.82) is 0 Å². The van der Waals surface area contributed by atoms with Gasteiger partial charge in [0.15, 0.2) is 4.75 Å². The molecule has 0 spiro atoms. The zero-order valence-electron chi connectivity index (χ0n) is 12.8. The first-order valence-corrected chi connectivity index (χ1v) is 9.10. The minimum atomic E-state index is -3.61. The first-order chi connectivity index (χ1) is 10.3. The van der Waals surface area contributed by atoms with Crippen LogP contribution in [0.2, 0.25) is 5.02 Å². The molecule has 7 heteroatoms. The van der Waals surface area contributed by atoms with E-state index < -0.39 is 20.7 Å². The molecule has 22 heavy (non-hydrogen) atoms. The fraction of sp³-hybridized carbons (Fsp3) is 0.533. The van der Waals surface area contributed by atoms with Crippen molar-refractivity contribution in [3.63, 3.8) is 0 Å². The Balaban J connectivity index is 1.95. The van der Waals surface area contributed by atoms with Gasteiger partial charge in [-0.05, 0) is 38.3 Å². The van der Waals surface area contributed by atoms with Crippen molar-refractivity contribution in [1.82, 2.24) is 9.62 Å². The second-order valence-corrected chi connectivity index (χ2v) is 8.76. The van der Waals surface area contributed by atoms with Gasteiger partial charge in [0, 0.05) is 24.7 Å². The highest BCUT2D eigenvalue weighted by Gasteiger charge is 2.46. The predicted octanol–water partition coefficient (Wildman–Crippen LogP) is 1.81. The number of nitrogens with one attached hydrogen (secondary N) is 1. The van der Waals surface area contributed by atoms with Crippen LogP contribution in [0.15, 0.2) is 24.3 Å². The summed E-state index contributed by atoms with van der Waals surface area (Å²) >= 11 is 6.05. The molecule has 0 aliphatic carbocycles. The topological polar surface area (TPSA) is 66.5 Å². The lowest BCUT2D eigenvalue weighted by Crippen LogP contribution is -2.57. The van der Waals surface area contributed by atoms with Gasteiger partial charge in [-0.3, -0.25) is 4.79 Å². The lowest BCUT2D eigenvalue weighted by Gasteiger charge is -2.36. The largest absolute Gasteiger partial charge is 0.354 e. The standard InChI is InChI=1S/C15H21ClN2O3S/c1-15(2,22(20,21)18-10-5-11-18)14(19)17-9-8-12-6-3-4-7-13(12)16/h3-4,6-7H,5,8-11H2,1-2H3,(H,17,19). The van der Waals surface area contributed by atoms with Gasteiger partial charge in [0.05, 0.1) is 0 Å². The number of hydrogen-bond donors (Lipinski definition) is 1. The van der Waals surface area contributed by atoms with Gasteiger partial charge in [-0.1, -0.05) is 29.8 Å². The Morgan fingerprint density at radius 1 is 1.32 bits per heavy atom. The second kappa shape index (κ2) is 6.56. The number of hydrogen-bond acceptors (Lipinski definition) is 3. The maximum Gasteiger partial charge on any atom is 0.242 e. The third-order valence-corrected chi connectivity index (χ3v) is 6.87. The van der Waals surface area contributed by atoms with Crippen molar-refractivity contribution in [3.8, 4) is 0 Å². The SMILES string of the molecule is CC(C)(C(=O)NCCc1ccccc1Cl)S(=O)(=O)N1CCC1. The molecule has 0 unspecified atom stereocenters. The number of carbonyl (C=O) groups excluding carboxylic acids is 1. The molecule has 1 N–H and O–H groups in total. The van der Waals surface area contributed by atoms with Gasteiger partial charge in [-0.2, -0.15) is 0 Å².